The molecule has 2 aromatic carbocycles. The zero-order valence-electron chi connectivity index (χ0n) is 10.2. The van der Waals surface area contributed by atoms with Crippen molar-refractivity contribution in [2.75, 3.05) is 0 Å². The Morgan fingerprint density at radius 2 is 2.00 bits per heavy atom. The fraction of sp³-hybridized carbons (Fsp3) is 0.0714. The van der Waals surface area contributed by atoms with Gasteiger partial charge in [0, 0.05) is 5.02 Å². The second-order valence-electron chi connectivity index (χ2n) is 4.04. The van der Waals surface area contributed by atoms with Crippen LogP contribution in [0.5, 0.6) is 11.5 Å². The average molecular weight is 279 g/mol. The Hall–Kier alpha value is -2.07. The van der Waals surface area contributed by atoms with Gasteiger partial charge >= 0.3 is 0 Å². The summed E-state index contributed by atoms with van der Waals surface area (Å²) in [5, 5.41) is 7.91. The quantitative estimate of drug-likeness (QED) is 0.661. The van der Waals surface area contributed by atoms with E-state index in [1.807, 2.05) is 0 Å². The molecule has 0 aliphatic rings. The predicted molar refractivity (Wildman–Crippen MR) is 73.7 cm³/mol. The van der Waals surface area contributed by atoms with Crippen molar-refractivity contribution in [3.05, 3.63) is 58.4 Å². The summed E-state index contributed by atoms with van der Waals surface area (Å²) in [6, 6.07) is 9.51. The van der Waals surface area contributed by atoms with Crippen molar-refractivity contribution < 1.29 is 9.13 Å². The first-order valence-electron chi connectivity index (χ1n) is 5.56. The molecule has 98 valence electrons. The Labute approximate surface area is 115 Å². The standard InChI is InChI=1S/C14H12ClFN2O/c1-8-3-2-4-12(13(8)16)19-11-6-5-9(15)7-10(11)14(17)18/h2-7H,1H3,(H3,17,18). The molecule has 0 aliphatic carbocycles. The van der Waals surface area contributed by atoms with Gasteiger partial charge < -0.3 is 10.5 Å². The van der Waals surface area contributed by atoms with Crippen molar-refractivity contribution in [3.63, 3.8) is 0 Å². The van der Waals surface area contributed by atoms with E-state index in [0.29, 0.717) is 21.9 Å². The van der Waals surface area contributed by atoms with Crippen molar-refractivity contribution in [1.29, 1.82) is 5.41 Å². The second-order valence-corrected chi connectivity index (χ2v) is 4.48. The van der Waals surface area contributed by atoms with Crippen molar-refractivity contribution in [3.8, 4) is 11.5 Å². The van der Waals surface area contributed by atoms with Crippen LogP contribution in [-0.2, 0) is 0 Å². The van der Waals surface area contributed by atoms with Gasteiger partial charge in [-0.3, -0.25) is 5.41 Å². The number of nitrogen functional groups attached to an aromatic ring is 1. The molecular weight excluding hydrogens is 267 g/mol. The van der Waals surface area contributed by atoms with E-state index in [-0.39, 0.29) is 11.6 Å². The number of amidine groups is 1. The monoisotopic (exact) mass is 278 g/mol. The van der Waals surface area contributed by atoms with Crippen LogP contribution in [0.1, 0.15) is 11.1 Å². The minimum absolute atomic E-state index is 0.0878. The molecule has 2 aromatic rings. The van der Waals surface area contributed by atoms with E-state index < -0.39 is 5.82 Å². The van der Waals surface area contributed by atoms with Crippen molar-refractivity contribution in [2.24, 2.45) is 5.73 Å². The van der Waals surface area contributed by atoms with Crippen molar-refractivity contribution >= 4 is 17.4 Å². The van der Waals surface area contributed by atoms with E-state index in [0.717, 1.165) is 0 Å². The minimum atomic E-state index is -0.438. The summed E-state index contributed by atoms with van der Waals surface area (Å²) in [6.07, 6.45) is 0. The molecular formula is C14H12ClFN2O. The zero-order valence-corrected chi connectivity index (χ0v) is 11.0. The van der Waals surface area contributed by atoms with Crippen LogP contribution < -0.4 is 10.5 Å². The van der Waals surface area contributed by atoms with Gasteiger partial charge in [0.1, 0.15) is 11.6 Å². The fourth-order valence-corrected chi connectivity index (χ4v) is 1.79. The smallest absolute Gasteiger partial charge is 0.168 e. The topological polar surface area (TPSA) is 59.1 Å². The van der Waals surface area contributed by atoms with Crippen LogP contribution in [0.2, 0.25) is 5.02 Å². The Bertz CT molecular complexity index is 643. The summed E-state index contributed by atoms with van der Waals surface area (Å²) < 4.78 is 19.3. The lowest BCUT2D eigenvalue weighted by Crippen LogP contribution is -2.12. The number of halogens is 2. The van der Waals surface area contributed by atoms with Gasteiger partial charge in [-0.15, -0.1) is 0 Å². The minimum Gasteiger partial charge on any atom is -0.454 e. The highest BCUT2D eigenvalue weighted by molar-refractivity contribution is 6.31. The van der Waals surface area contributed by atoms with Crippen molar-refractivity contribution in [2.45, 2.75) is 6.92 Å². The fourth-order valence-electron chi connectivity index (χ4n) is 1.62. The lowest BCUT2D eigenvalue weighted by molar-refractivity contribution is 0.439. The number of nitrogens with one attached hydrogen (secondary N) is 1. The van der Waals surface area contributed by atoms with Gasteiger partial charge in [-0.2, -0.15) is 0 Å². The summed E-state index contributed by atoms with van der Waals surface area (Å²) in [7, 11) is 0. The second kappa shape index (κ2) is 5.28. The first-order chi connectivity index (χ1) is 8.99. The molecule has 0 fully saturated rings. The Morgan fingerprint density at radius 3 is 2.68 bits per heavy atom. The van der Waals surface area contributed by atoms with Gasteiger partial charge in [-0.05, 0) is 36.8 Å². The first-order valence-corrected chi connectivity index (χ1v) is 5.93. The maximum Gasteiger partial charge on any atom is 0.168 e. The normalized spacial score (nSPS) is 10.3. The number of hydrogen-bond donors (Lipinski definition) is 2. The number of ether oxygens (including phenoxy) is 1. The van der Waals surface area contributed by atoms with E-state index in [1.165, 1.54) is 12.1 Å². The molecule has 0 atom stereocenters. The number of nitrogens with two attached hydrogens (primary N) is 1. The molecule has 0 bridgehead atoms. The Morgan fingerprint density at radius 1 is 1.26 bits per heavy atom. The molecule has 0 unspecified atom stereocenters. The zero-order chi connectivity index (χ0) is 14.0. The maximum atomic E-state index is 13.9. The third kappa shape index (κ3) is 2.85. The van der Waals surface area contributed by atoms with E-state index in [2.05, 4.69) is 0 Å². The number of hydrogen-bond acceptors (Lipinski definition) is 2. The molecule has 0 aromatic heterocycles. The van der Waals surface area contributed by atoms with Gasteiger partial charge in [0.25, 0.3) is 0 Å². The molecule has 0 spiro atoms. The van der Waals surface area contributed by atoms with Crippen LogP contribution in [0.3, 0.4) is 0 Å². The van der Waals surface area contributed by atoms with E-state index in [1.54, 1.807) is 31.2 Å². The molecule has 0 heterocycles. The van der Waals surface area contributed by atoms with Gasteiger partial charge in [0.05, 0.1) is 5.56 Å². The van der Waals surface area contributed by atoms with Crippen LogP contribution >= 0.6 is 11.6 Å². The predicted octanol–water partition coefficient (Wildman–Crippen LogP) is 3.86. The number of rotatable bonds is 3. The third-order valence-corrected chi connectivity index (χ3v) is 2.84. The lowest BCUT2D eigenvalue weighted by Gasteiger charge is -2.12. The van der Waals surface area contributed by atoms with Crippen LogP contribution in [-0.4, -0.2) is 5.84 Å². The highest BCUT2D eigenvalue weighted by Gasteiger charge is 2.12. The summed E-state index contributed by atoms with van der Waals surface area (Å²) in [5.41, 5.74) is 6.27. The maximum absolute atomic E-state index is 13.9. The van der Waals surface area contributed by atoms with Gasteiger partial charge in [0.15, 0.2) is 11.6 Å². The van der Waals surface area contributed by atoms with Crippen LogP contribution in [0.4, 0.5) is 4.39 Å². The summed E-state index contributed by atoms with van der Waals surface area (Å²) >= 11 is 5.84. The van der Waals surface area contributed by atoms with E-state index in [9.17, 15) is 4.39 Å². The Balaban J connectivity index is 2.44. The molecule has 3 N–H and O–H groups in total. The molecule has 19 heavy (non-hydrogen) atoms. The lowest BCUT2D eigenvalue weighted by atomic mass is 10.2. The highest BCUT2D eigenvalue weighted by atomic mass is 35.5. The summed E-state index contributed by atoms with van der Waals surface area (Å²) in [4.78, 5) is 0. The summed E-state index contributed by atoms with van der Waals surface area (Å²) in [6.45, 7) is 1.65. The summed E-state index contributed by atoms with van der Waals surface area (Å²) in [5.74, 6) is -0.247. The molecule has 0 saturated heterocycles. The largest absolute Gasteiger partial charge is 0.454 e. The van der Waals surface area contributed by atoms with Crippen LogP contribution in [0, 0.1) is 18.2 Å². The van der Waals surface area contributed by atoms with Gasteiger partial charge in [-0.1, -0.05) is 23.7 Å². The SMILES string of the molecule is Cc1cccc(Oc2ccc(Cl)cc2C(=N)N)c1F. The van der Waals surface area contributed by atoms with E-state index >= 15 is 0 Å². The average Bonchev–Trinajstić information content (AvgIpc) is 2.36. The molecule has 2 rings (SSSR count). The molecule has 0 radical (unpaired) electrons. The van der Waals surface area contributed by atoms with E-state index in [4.69, 9.17) is 27.5 Å². The Kier molecular flexibility index (Phi) is 3.71. The van der Waals surface area contributed by atoms with Crippen molar-refractivity contribution in [1.82, 2.24) is 0 Å². The number of benzene rings is 2. The number of aryl methyl sites for hydroxylation is 1. The van der Waals surface area contributed by atoms with Gasteiger partial charge in [-0.25, -0.2) is 4.39 Å². The highest BCUT2D eigenvalue weighted by Crippen LogP contribution is 2.30. The van der Waals surface area contributed by atoms with Gasteiger partial charge in [0.2, 0.25) is 0 Å². The molecule has 0 saturated carbocycles. The van der Waals surface area contributed by atoms with Crippen LogP contribution in [0.15, 0.2) is 36.4 Å². The molecule has 0 amide bonds. The first kappa shape index (κ1) is 13.4. The molecule has 5 heteroatoms. The molecule has 0 aliphatic heterocycles. The molecule has 3 nitrogen and oxygen atoms in total. The van der Waals surface area contributed by atoms with Crippen LogP contribution in [0.25, 0.3) is 0 Å². The third-order valence-electron chi connectivity index (χ3n) is 2.61.